The molecule has 2 fully saturated rings. The average molecular weight is 533 g/mol. The van der Waals surface area contributed by atoms with Gasteiger partial charge >= 0.3 is 12.4 Å². The Morgan fingerprint density at radius 2 is 1.39 bits per heavy atom. The number of halogens is 6. The van der Waals surface area contributed by atoms with Crippen LogP contribution in [0.25, 0.3) is 0 Å². The van der Waals surface area contributed by atoms with Crippen molar-refractivity contribution in [3.05, 3.63) is 64.7 Å². The van der Waals surface area contributed by atoms with Crippen LogP contribution in [0.1, 0.15) is 44.7 Å². The number of likely N-dealkylation sites (tertiary alicyclic amines) is 1. The second kappa shape index (κ2) is 9.53. The van der Waals surface area contributed by atoms with Crippen LogP contribution in [0.15, 0.2) is 42.5 Å². The van der Waals surface area contributed by atoms with Crippen molar-refractivity contribution in [3.63, 3.8) is 0 Å². The van der Waals surface area contributed by atoms with Gasteiger partial charge in [-0.1, -0.05) is 0 Å². The van der Waals surface area contributed by atoms with E-state index in [0.29, 0.717) is 48.6 Å². The van der Waals surface area contributed by atoms with Gasteiger partial charge in [-0.15, -0.1) is 11.8 Å². The number of hydrogen-bond donors (Lipinski definition) is 0. The molecule has 2 aromatic rings. The highest BCUT2D eigenvalue weighted by Crippen LogP contribution is 2.45. The van der Waals surface area contributed by atoms with E-state index in [1.165, 1.54) is 12.0 Å². The molecule has 2 saturated heterocycles. The van der Waals surface area contributed by atoms with E-state index in [1.807, 2.05) is 0 Å². The minimum absolute atomic E-state index is 0.000196. The SMILES string of the molecule is COc1ccc(C(=O)N2CCSC23CCN(C(=O)c2cc(C(F)(F)F)cc(C(F)(F)F)c2)CC3)cc1. The van der Waals surface area contributed by atoms with Crippen molar-refractivity contribution in [1.29, 1.82) is 0 Å². The zero-order chi connectivity index (χ0) is 26.3. The first-order valence-electron chi connectivity index (χ1n) is 11.0. The van der Waals surface area contributed by atoms with Gasteiger partial charge in [-0.2, -0.15) is 26.3 Å². The maximum absolute atomic E-state index is 13.2. The fourth-order valence-electron chi connectivity index (χ4n) is 4.52. The maximum Gasteiger partial charge on any atom is 0.416 e. The number of hydrogen-bond acceptors (Lipinski definition) is 4. The van der Waals surface area contributed by atoms with Crippen LogP contribution in [0, 0.1) is 0 Å². The summed E-state index contributed by atoms with van der Waals surface area (Å²) < 4.78 is 84.3. The van der Waals surface area contributed by atoms with Crippen molar-refractivity contribution in [2.45, 2.75) is 30.1 Å². The van der Waals surface area contributed by atoms with Crippen LogP contribution >= 0.6 is 11.8 Å². The first-order chi connectivity index (χ1) is 16.8. The minimum Gasteiger partial charge on any atom is -0.497 e. The molecule has 0 saturated carbocycles. The Kier molecular flexibility index (Phi) is 6.93. The minimum atomic E-state index is -5.04. The Hall–Kier alpha value is -2.89. The predicted molar refractivity (Wildman–Crippen MR) is 121 cm³/mol. The number of methoxy groups -OCH3 is 1. The summed E-state index contributed by atoms with van der Waals surface area (Å²) in [4.78, 5) is 28.5. The number of ether oxygens (including phenoxy) is 1. The van der Waals surface area contributed by atoms with Gasteiger partial charge in [0.25, 0.3) is 11.8 Å². The summed E-state index contributed by atoms with van der Waals surface area (Å²) in [6.45, 7) is 0.678. The van der Waals surface area contributed by atoms with Gasteiger partial charge in [-0.25, -0.2) is 0 Å². The van der Waals surface area contributed by atoms with Crippen LogP contribution in [0.4, 0.5) is 26.3 Å². The molecule has 0 aromatic heterocycles. The van der Waals surface area contributed by atoms with Crippen LogP contribution in [0.2, 0.25) is 0 Å². The van der Waals surface area contributed by atoms with Crippen LogP contribution in [-0.4, -0.2) is 59.0 Å². The molecule has 2 aliphatic heterocycles. The highest BCUT2D eigenvalue weighted by molar-refractivity contribution is 8.00. The quantitative estimate of drug-likeness (QED) is 0.487. The molecule has 0 N–H and O–H groups in total. The number of carbonyl (C=O) groups is 2. The Morgan fingerprint density at radius 3 is 1.89 bits per heavy atom. The molecular weight excluding hydrogens is 510 g/mol. The summed E-state index contributed by atoms with van der Waals surface area (Å²) in [5.41, 5.74) is -3.26. The first kappa shape index (κ1) is 26.2. The molecule has 2 aromatic carbocycles. The standard InChI is InChI=1S/C24H22F6N2O3S/c1-35-19-4-2-15(3-5-19)21(34)32-10-11-36-22(32)6-8-31(9-7-22)20(33)16-12-17(23(25,26)27)14-18(13-16)24(28,29)30/h2-5,12-14H,6-11H2,1H3. The van der Waals surface area contributed by atoms with Gasteiger partial charge < -0.3 is 14.5 Å². The number of amides is 2. The number of piperidine rings is 1. The molecule has 0 atom stereocenters. The van der Waals surface area contributed by atoms with Crippen LogP contribution in [0.5, 0.6) is 5.75 Å². The van der Waals surface area contributed by atoms with Gasteiger partial charge in [0.15, 0.2) is 0 Å². The number of nitrogens with zero attached hydrogens (tertiary/aromatic N) is 2. The fourth-order valence-corrected chi connectivity index (χ4v) is 5.97. The Bertz CT molecular complexity index is 1110. The monoisotopic (exact) mass is 532 g/mol. The molecule has 0 aliphatic carbocycles. The third kappa shape index (κ3) is 5.14. The highest BCUT2D eigenvalue weighted by Gasteiger charge is 2.47. The Balaban J connectivity index is 1.52. The van der Waals surface area contributed by atoms with Gasteiger partial charge in [0, 0.05) is 36.5 Å². The maximum atomic E-state index is 13.2. The molecule has 2 aliphatic rings. The second-order valence-electron chi connectivity index (χ2n) is 8.57. The van der Waals surface area contributed by atoms with Crippen molar-refractivity contribution < 1.29 is 40.7 Å². The van der Waals surface area contributed by atoms with Crippen molar-refractivity contribution in [2.24, 2.45) is 0 Å². The third-order valence-electron chi connectivity index (χ3n) is 6.43. The smallest absolute Gasteiger partial charge is 0.416 e. The number of alkyl halides is 6. The molecular formula is C24H22F6N2O3S. The number of thioether (sulfide) groups is 1. The summed E-state index contributed by atoms with van der Waals surface area (Å²) in [5, 5.41) is 0. The van der Waals surface area contributed by atoms with E-state index in [1.54, 1.807) is 40.9 Å². The third-order valence-corrected chi connectivity index (χ3v) is 7.98. The van der Waals surface area contributed by atoms with E-state index < -0.39 is 39.8 Å². The van der Waals surface area contributed by atoms with Crippen molar-refractivity contribution >= 4 is 23.6 Å². The van der Waals surface area contributed by atoms with Crippen molar-refractivity contribution in [3.8, 4) is 5.75 Å². The molecule has 2 heterocycles. The van der Waals surface area contributed by atoms with E-state index in [4.69, 9.17) is 4.74 Å². The lowest BCUT2D eigenvalue weighted by Crippen LogP contribution is -2.53. The molecule has 194 valence electrons. The summed E-state index contributed by atoms with van der Waals surface area (Å²) in [6, 6.07) is 7.56. The molecule has 5 nitrogen and oxygen atoms in total. The Morgan fingerprint density at radius 1 is 0.833 bits per heavy atom. The van der Waals surface area contributed by atoms with E-state index in [9.17, 15) is 35.9 Å². The predicted octanol–water partition coefficient (Wildman–Crippen LogP) is 5.55. The summed E-state index contributed by atoms with van der Waals surface area (Å²) in [7, 11) is 1.52. The largest absolute Gasteiger partial charge is 0.497 e. The van der Waals surface area contributed by atoms with E-state index >= 15 is 0 Å². The van der Waals surface area contributed by atoms with Gasteiger partial charge in [-0.3, -0.25) is 9.59 Å². The van der Waals surface area contributed by atoms with Crippen molar-refractivity contribution in [2.75, 3.05) is 32.5 Å². The van der Waals surface area contributed by atoms with Crippen LogP contribution in [0.3, 0.4) is 0 Å². The van der Waals surface area contributed by atoms with Gasteiger partial charge in [0.2, 0.25) is 0 Å². The number of carbonyl (C=O) groups excluding carboxylic acids is 2. The summed E-state index contributed by atoms with van der Waals surface area (Å²) in [6.07, 6.45) is -9.39. The molecule has 12 heteroatoms. The molecule has 4 rings (SSSR count). The molecule has 0 radical (unpaired) electrons. The molecule has 2 amide bonds. The summed E-state index contributed by atoms with van der Waals surface area (Å²) in [5.74, 6) is 0.193. The lowest BCUT2D eigenvalue weighted by atomic mass is 9.99. The number of benzene rings is 2. The van der Waals surface area contributed by atoms with Gasteiger partial charge in [-0.05, 0) is 55.3 Å². The van der Waals surface area contributed by atoms with Gasteiger partial charge in [0.05, 0.1) is 23.1 Å². The number of rotatable bonds is 3. The van der Waals surface area contributed by atoms with Crippen LogP contribution in [-0.2, 0) is 12.4 Å². The van der Waals surface area contributed by atoms with E-state index in [-0.39, 0.29) is 25.1 Å². The van der Waals surface area contributed by atoms with Crippen molar-refractivity contribution in [1.82, 2.24) is 9.80 Å². The molecule has 0 unspecified atom stereocenters. The van der Waals surface area contributed by atoms with E-state index in [2.05, 4.69) is 0 Å². The molecule has 36 heavy (non-hydrogen) atoms. The highest BCUT2D eigenvalue weighted by atomic mass is 32.2. The normalized spacial score (nSPS) is 18.0. The molecule has 1 spiro atoms. The first-order valence-corrected chi connectivity index (χ1v) is 12.0. The lowest BCUT2D eigenvalue weighted by Gasteiger charge is -2.44. The second-order valence-corrected chi connectivity index (χ2v) is 10.0. The van der Waals surface area contributed by atoms with E-state index in [0.717, 1.165) is 0 Å². The zero-order valence-electron chi connectivity index (χ0n) is 19.1. The molecule has 0 bridgehead atoms. The Labute approximate surface area is 207 Å². The topological polar surface area (TPSA) is 49.9 Å². The summed E-state index contributed by atoms with van der Waals surface area (Å²) >= 11 is 1.57. The van der Waals surface area contributed by atoms with Crippen LogP contribution < -0.4 is 4.74 Å². The lowest BCUT2D eigenvalue weighted by molar-refractivity contribution is -0.143. The van der Waals surface area contributed by atoms with Gasteiger partial charge in [0.1, 0.15) is 5.75 Å². The average Bonchev–Trinajstić information content (AvgIpc) is 3.25. The fraction of sp³-hybridized carbons (Fsp3) is 0.417. The zero-order valence-corrected chi connectivity index (χ0v) is 19.9.